The summed E-state index contributed by atoms with van der Waals surface area (Å²) in [7, 11) is -1.40. The molecule has 0 bridgehead atoms. The predicted octanol–water partition coefficient (Wildman–Crippen LogP) is 3.82. The van der Waals surface area contributed by atoms with Crippen LogP contribution in [0.2, 0.25) is 0 Å². The van der Waals surface area contributed by atoms with E-state index in [0.717, 1.165) is 0 Å². The third-order valence-corrected chi connectivity index (χ3v) is 2.52. The van der Waals surface area contributed by atoms with E-state index < -0.39 is 7.73 Å². The highest BCUT2D eigenvalue weighted by Gasteiger charge is 2.08. The highest BCUT2D eigenvalue weighted by Crippen LogP contribution is 2.45. The van der Waals surface area contributed by atoms with E-state index in [4.69, 9.17) is 43.5 Å². The van der Waals surface area contributed by atoms with Gasteiger partial charge in [-0.3, -0.25) is 0 Å². The van der Waals surface area contributed by atoms with Crippen molar-refractivity contribution < 1.29 is 9.05 Å². The number of rotatable bonds is 5. The van der Waals surface area contributed by atoms with Gasteiger partial charge in [-0.2, -0.15) is 0 Å². The van der Waals surface area contributed by atoms with Gasteiger partial charge >= 0.3 is 7.73 Å². The van der Waals surface area contributed by atoms with Crippen LogP contribution >= 0.6 is 42.2 Å². The van der Waals surface area contributed by atoms with Crippen molar-refractivity contribution in [3.8, 4) is 0 Å². The van der Waals surface area contributed by atoms with E-state index in [0.29, 0.717) is 12.4 Å². The molecule has 1 unspecified atom stereocenters. The summed E-state index contributed by atoms with van der Waals surface area (Å²) in [6, 6.07) is 0. The van der Waals surface area contributed by atoms with Gasteiger partial charge in [-0.05, 0) is 18.2 Å². The van der Waals surface area contributed by atoms with Gasteiger partial charge in [0.15, 0.2) is 0 Å². The van der Waals surface area contributed by atoms with E-state index in [1.54, 1.807) is 0 Å². The summed E-state index contributed by atoms with van der Waals surface area (Å²) in [6.45, 7) is 2.33. The molecule has 6 heteroatoms. The quantitative estimate of drug-likeness (QED) is 0.411. The van der Waals surface area contributed by atoms with Crippen molar-refractivity contribution in [2.45, 2.75) is 6.92 Å². The second-order valence-corrected chi connectivity index (χ2v) is 3.61. The Kier molecular flexibility index (Phi) is 7.99. The second-order valence-electron chi connectivity index (χ2n) is 1.43. The Bertz CT molecular complexity index is 131. The molecule has 66 valence electrons. The third-order valence-electron chi connectivity index (χ3n) is 0.673. The molecule has 0 aliphatic rings. The molecule has 0 aromatic rings. The summed E-state index contributed by atoms with van der Waals surface area (Å²) < 4.78 is 9.92. The second kappa shape index (κ2) is 7.45. The molecule has 0 aliphatic carbocycles. The molecule has 0 radical (unpaired) electrons. The van der Waals surface area contributed by atoms with Crippen molar-refractivity contribution in [1.29, 1.82) is 0 Å². The van der Waals surface area contributed by atoms with E-state index in [9.17, 15) is 0 Å². The van der Waals surface area contributed by atoms with Crippen molar-refractivity contribution in [2.75, 3.05) is 12.5 Å². The van der Waals surface area contributed by atoms with Gasteiger partial charge in [0.05, 0.1) is 12.5 Å². The molecule has 0 saturated carbocycles. The van der Waals surface area contributed by atoms with Crippen molar-refractivity contribution in [2.24, 2.45) is 0 Å². The van der Waals surface area contributed by atoms with Crippen LogP contribution in [0.4, 0.5) is 0 Å². The van der Waals surface area contributed by atoms with Crippen LogP contribution in [0.25, 0.3) is 0 Å². The maximum atomic E-state index is 5.60. The minimum atomic E-state index is -1.40. The zero-order chi connectivity index (χ0) is 8.69. The summed E-state index contributed by atoms with van der Waals surface area (Å²) in [6.07, 6.45) is 0. The highest BCUT2D eigenvalue weighted by atomic mass is 35.7. The maximum Gasteiger partial charge on any atom is 0.338 e. The standard InChI is InChI=1S/C5H8Cl3O2P/c1-2-9-11(8)10-5(3-6)4-7/h3H,2,4H2,1H3/b5-3-. The molecule has 0 aromatic carbocycles. The predicted molar refractivity (Wildman–Crippen MR) is 50.1 cm³/mol. The molecule has 0 rings (SSSR count). The molecular weight excluding hydrogens is 229 g/mol. The lowest BCUT2D eigenvalue weighted by Gasteiger charge is -2.10. The Hall–Kier alpha value is 0.800. The number of allylic oxidation sites excluding steroid dienone is 1. The van der Waals surface area contributed by atoms with Gasteiger partial charge in [0.2, 0.25) is 0 Å². The van der Waals surface area contributed by atoms with Gasteiger partial charge in [0.25, 0.3) is 0 Å². The first-order valence-corrected chi connectivity index (χ1v) is 5.92. The molecule has 2 nitrogen and oxygen atoms in total. The molecule has 0 aliphatic heterocycles. The SMILES string of the molecule is CCOP(Cl)O/C(=C\Cl)CCl. The Balaban J connectivity index is 3.63. The Morgan fingerprint density at radius 2 is 2.27 bits per heavy atom. The summed E-state index contributed by atoms with van der Waals surface area (Å²) in [5.74, 6) is 0.616. The minimum Gasteiger partial charge on any atom is -0.438 e. The van der Waals surface area contributed by atoms with Crippen LogP contribution in [-0.2, 0) is 9.05 Å². The lowest BCUT2D eigenvalue weighted by atomic mass is 10.7. The van der Waals surface area contributed by atoms with Gasteiger partial charge in [-0.1, -0.05) is 11.6 Å². The maximum absolute atomic E-state index is 5.60. The fraction of sp³-hybridized carbons (Fsp3) is 0.600. The Labute approximate surface area is 82.1 Å². The third kappa shape index (κ3) is 6.01. The van der Waals surface area contributed by atoms with Gasteiger partial charge in [-0.25, -0.2) is 0 Å². The Morgan fingerprint density at radius 1 is 1.64 bits per heavy atom. The summed E-state index contributed by atoms with van der Waals surface area (Å²) in [4.78, 5) is 0. The zero-order valence-corrected chi connectivity index (χ0v) is 9.05. The smallest absolute Gasteiger partial charge is 0.338 e. The molecule has 11 heavy (non-hydrogen) atoms. The summed E-state index contributed by atoms with van der Waals surface area (Å²) in [5.41, 5.74) is 1.24. The minimum absolute atomic E-state index is 0.197. The van der Waals surface area contributed by atoms with Gasteiger partial charge in [0, 0.05) is 5.54 Å². The average Bonchev–Trinajstić information content (AvgIpc) is 2.01. The lowest BCUT2D eigenvalue weighted by molar-refractivity contribution is 0.318. The molecule has 0 amide bonds. The summed E-state index contributed by atoms with van der Waals surface area (Å²) in [5, 5.41) is 0. The van der Waals surface area contributed by atoms with Crippen molar-refractivity contribution in [3.05, 3.63) is 11.3 Å². The van der Waals surface area contributed by atoms with Crippen LogP contribution in [0.3, 0.4) is 0 Å². The monoisotopic (exact) mass is 236 g/mol. The van der Waals surface area contributed by atoms with Crippen molar-refractivity contribution in [1.82, 2.24) is 0 Å². The first-order chi connectivity index (χ1) is 5.24. The fourth-order valence-electron chi connectivity index (χ4n) is 0.294. The first-order valence-electron chi connectivity index (χ1n) is 2.86. The lowest BCUT2D eigenvalue weighted by Crippen LogP contribution is -1.88. The van der Waals surface area contributed by atoms with Crippen LogP contribution < -0.4 is 0 Å². The molecule has 0 saturated heterocycles. The number of alkyl halides is 1. The molecule has 0 aromatic heterocycles. The normalized spacial score (nSPS) is 14.7. The summed E-state index contributed by atoms with van der Waals surface area (Å²) >= 11 is 16.4. The number of hydrogen-bond acceptors (Lipinski definition) is 2. The van der Waals surface area contributed by atoms with E-state index in [1.807, 2.05) is 6.92 Å². The highest BCUT2D eigenvalue weighted by molar-refractivity contribution is 7.76. The van der Waals surface area contributed by atoms with Crippen LogP contribution in [0.15, 0.2) is 11.3 Å². The average molecular weight is 237 g/mol. The van der Waals surface area contributed by atoms with Gasteiger partial charge in [0.1, 0.15) is 5.76 Å². The van der Waals surface area contributed by atoms with Crippen LogP contribution in [0.5, 0.6) is 0 Å². The molecular formula is C5H8Cl3O2P. The molecule has 0 fully saturated rings. The van der Waals surface area contributed by atoms with Gasteiger partial charge < -0.3 is 9.05 Å². The zero-order valence-electron chi connectivity index (χ0n) is 5.89. The van der Waals surface area contributed by atoms with E-state index in [2.05, 4.69) is 0 Å². The molecule has 0 heterocycles. The number of halogens is 3. The fourth-order valence-corrected chi connectivity index (χ4v) is 1.88. The number of hydrogen-bond donors (Lipinski definition) is 0. The van der Waals surface area contributed by atoms with Crippen LogP contribution in [0.1, 0.15) is 6.92 Å². The van der Waals surface area contributed by atoms with Crippen LogP contribution in [-0.4, -0.2) is 12.5 Å². The molecule has 0 spiro atoms. The van der Waals surface area contributed by atoms with Crippen LogP contribution in [0, 0.1) is 0 Å². The van der Waals surface area contributed by atoms with E-state index in [1.165, 1.54) is 5.54 Å². The topological polar surface area (TPSA) is 18.5 Å². The van der Waals surface area contributed by atoms with Crippen molar-refractivity contribution >= 4 is 42.2 Å². The first kappa shape index (κ1) is 11.8. The van der Waals surface area contributed by atoms with E-state index >= 15 is 0 Å². The van der Waals surface area contributed by atoms with Crippen molar-refractivity contribution in [3.63, 3.8) is 0 Å². The largest absolute Gasteiger partial charge is 0.438 e. The van der Waals surface area contributed by atoms with E-state index in [-0.39, 0.29) is 5.88 Å². The Morgan fingerprint density at radius 3 is 2.64 bits per heavy atom. The molecule has 1 atom stereocenters. The molecule has 0 N–H and O–H groups in total. The van der Waals surface area contributed by atoms with Gasteiger partial charge in [-0.15, -0.1) is 11.6 Å².